The maximum Gasteiger partial charge on any atom is 0.0682 e. The largest absolute Gasteiger partial charge is 0.330 e. The number of fused-ring (bicyclic) bond motifs is 1. The fraction of sp³-hybridized carbons (Fsp3) is 0.357. The second-order valence-electron chi connectivity index (χ2n) is 4.58. The average molecular weight is 259 g/mol. The zero-order chi connectivity index (χ0) is 12.4. The Balaban J connectivity index is 1.98. The summed E-state index contributed by atoms with van der Waals surface area (Å²) in [6.45, 7) is 0.660. The maximum atomic E-state index is 5.63. The highest BCUT2D eigenvalue weighted by Gasteiger charge is 2.13. The molecule has 18 heavy (non-hydrogen) atoms. The van der Waals surface area contributed by atoms with Crippen molar-refractivity contribution in [3.05, 3.63) is 35.5 Å². The van der Waals surface area contributed by atoms with E-state index in [1.807, 2.05) is 18.0 Å². The minimum absolute atomic E-state index is 0.660. The Bertz CT molecular complexity index is 548. The fourth-order valence-electron chi connectivity index (χ4n) is 2.42. The van der Waals surface area contributed by atoms with Gasteiger partial charge in [-0.05, 0) is 54.8 Å². The summed E-state index contributed by atoms with van der Waals surface area (Å²) in [5, 5.41) is 7.24. The molecule has 3 rings (SSSR count). The molecule has 1 aromatic heterocycles. The van der Waals surface area contributed by atoms with Crippen molar-refractivity contribution in [1.82, 2.24) is 10.2 Å². The van der Waals surface area contributed by atoms with Gasteiger partial charge in [-0.1, -0.05) is 6.07 Å². The predicted molar refractivity (Wildman–Crippen MR) is 75.8 cm³/mol. The Morgan fingerprint density at radius 3 is 3.22 bits per heavy atom. The number of benzene rings is 1. The number of aromatic nitrogens is 2. The van der Waals surface area contributed by atoms with E-state index in [0.29, 0.717) is 6.54 Å². The van der Waals surface area contributed by atoms with Crippen LogP contribution in [-0.4, -0.2) is 22.5 Å². The topological polar surface area (TPSA) is 54.7 Å². The number of nitrogens with zero attached hydrogens (tertiary/aromatic N) is 1. The Morgan fingerprint density at radius 1 is 1.39 bits per heavy atom. The van der Waals surface area contributed by atoms with Crippen LogP contribution in [0.15, 0.2) is 29.3 Å². The second kappa shape index (κ2) is 5.16. The van der Waals surface area contributed by atoms with Crippen molar-refractivity contribution >= 4 is 11.8 Å². The number of nitrogens with two attached hydrogens (primary N) is 1. The van der Waals surface area contributed by atoms with Crippen LogP contribution in [0.3, 0.4) is 0 Å². The van der Waals surface area contributed by atoms with Gasteiger partial charge in [-0.25, -0.2) is 0 Å². The van der Waals surface area contributed by atoms with E-state index in [1.165, 1.54) is 40.2 Å². The van der Waals surface area contributed by atoms with Crippen molar-refractivity contribution in [2.45, 2.75) is 24.2 Å². The highest BCUT2D eigenvalue weighted by molar-refractivity contribution is 7.99. The molecule has 1 aromatic carbocycles. The van der Waals surface area contributed by atoms with Crippen molar-refractivity contribution in [2.24, 2.45) is 5.73 Å². The lowest BCUT2D eigenvalue weighted by Crippen LogP contribution is -2.03. The molecule has 0 bridgehead atoms. The monoisotopic (exact) mass is 259 g/mol. The third kappa shape index (κ3) is 2.18. The van der Waals surface area contributed by atoms with Gasteiger partial charge in [0.25, 0.3) is 0 Å². The van der Waals surface area contributed by atoms with E-state index >= 15 is 0 Å². The van der Waals surface area contributed by atoms with Crippen molar-refractivity contribution in [3.8, 4) is 11.3 Å². The molecule has 94 valence electrons. The lowest BCUT2D eigenvalue weighted by Gasteiger charge is -2.16. The number of nitrogens with one attached hydrogen (secondary N) is 1. The first-order valence-corrected chi connectivity index (χ1v) is 7.35. The summed E-state index contributed by atoms with van der Waals surface area (Å²) in [7, 11) is 0. The number of aromatic amines is 1. The number of H-pyrrole nitrogens is 1. The van der Waals surface area contributed by atoms with E-state index in [9.17, 15) is 0 Å². The standard InChI is InChI=1S/C14H17N3S/c15-6-5-12-9-16-17-14(12)11-3-4-13-10(8-11)2-1-7-18-13/h3-4,8-9H,1-2,5-7,15H2,(H,16,17). The molecule has 1 aliphatic heterocycles. The summed E-state index contributed by atoms with van der Waals surface area (Å²) >= 11 is 1.96. The van der Waals surface area contributed by atoms with E-state index in [4.69, 9.17) is 5.73 Å². The van der Waals surface area contributed by atoms with Crippen molar-refractivity contribution in [1.29, 1.82) is 0 Å². The lowest BCUT2D eigenvalue weighted by atomic mass is 10.0. The summed E-state index contributed by atoms with van der Waals surface area (Å²) in [5.41, 5.74) is 10.7. The van der Waals surface area contributed by atoms with Crippen molar-refractivity contribution in [2.75, 3.05) is 12.3 Å². The van der Waals surface area contributed by atoms with E-state index < -0.39 is 0 Å². The van der Waals surface area contributed by atoms with Crippen LogP contribution in [0.1, 0.15) is 17.5 Å². The molecule has 2 aromatic rings. The van der Waals surface area contributed by atoms with Gasteiger partial charge in [-0.15, -0.1) is 11.8 Å². The zero-order valence-corrected chi connectivity index (χ0v) is 11.1. The van der Waals surface area contributed by atoms with Gasteiger partial charge < -0.3 is 5.73 Å². The summed E-state index contributed by atoms with van der Waals surface area (Å²) < 4.78 is 0. The smallest absolute Gasteiger partial charge is 0.0682 e. The highest BCUT2D eigenvalue weighted by atomic mass is 32.2. The van der Waals surface area contributed by atoms with Crippen molar-refractivity contribution in [3.63, 3.8) is 0 Å². The minimum atomic E-state index is 0.660. The number of thioether (sulfide) groups is 1. The van der Waals surface area contributed by atoms with Crippen LogP contribution in [0.5, 0.6) is 0 Å². The van der Waals surface area contributed by atoms with Gasteiger partial charge in [0, 0.05) is 10.5 Å². The van der Waals surface area contributed by atoms with Gasteiger partial charge >= 0.3 is 0 Å². The van der Waals surface area contributed by atoms with Gasteiger partial charge in [0.15, 0.2) is 0 Å². The van der Waals surface area contributed by atoms with Gasteiger partial charge in [-0.2, -0.15) is 5.10 Å². The molecule has 0 unspecified atom stereocenters. The van der Waals surface area contributed by atoms with Crippen LogP contribution in [0.2, 0.25) is 0 Å². The van der Waals surface area contributed by atoms with E-state index in [0.717, 1.165) is 12.1 Å². The fourth-order valence-corrected chi connectivity index (χ4v) is 3.44. The minimum Gasteiger partial charge on any atom is -0.330 e. The van der Waals surface area contributed by atoms with Crippen LogP contribution < -0.4 is 5.73 Å². The predicted octanol–water partition coefficient (Wildman–Crippen LogP) is 2.62. The van der Waals surface area contributed by atoms with Crippen molar-refractivity contribution < 1.29 is 0 Å². The summed E-state index contributed by atoms with van der Waals surface area (Å²) in [4.78, 5) is 1.44. The molecule has 1 aliphatic rings. The Labute approximate surface area is 111 Å². The first-order valence-electron chi connectivity index (χ1n) is 6.37. The third-order valence-electron chi connectivity index (χ3n) is 3.33. The Morgan fingerprint density at radius 2 is 2.33 bits per heavy atom. The molecule has 0 spiro atoms. The molecule has 2 heterocycles. The number of aryl methyl sites for hydroxylation is 1. The van der Waals surface area contributed by atoms with Gasteiger partial charge in [-0.3, -0.25) is 5.10 Å². The molecule has 3 nitrogen and oxygen atoms in total. The molecule has 4 heteroatoms. The number of hydrogen-bond donors (Lipinski definition) is 2. The first kappa shape index (κ1) is 11.8. The van der Waals surface area contributed by atoms with E-state index in [2.05, 4.69) is 28.4 Å². The number of rotatable bonds is 3. The van der Waals surface area contributed by atoms with Gasteiger partial charge in [0.2, 0.25) is 0 Å². The van der Waals surface area contributed by atoms with Crippen LogP contribution in [0, 0.1) is 0 Å². The molecular formula is C14H17N3S. The van der Waals surface area contributed by atoms with Crippen LogP contribution in [-0.2, 0) is 12.8 Å². The van der Waals surface area contributed by atoms with Crippen LogP contribution >= 0.6 is 11.8 Å². The van der Waals surface area contributed by atoms with Gasteiger partial charge in [0.05, 0.1) is 11.9 Å². The molecule has 0 aliphatic carbocycles. The molecule has 3 N–H and O–H groups in total. The van der Waals surface area contributed by atoms with E-state index in [-0.39, 0.29) is 0 Å². The Kier molecular flexibility index (Phi) is 3.39. The van der Waals surface area contributed by atoms with Crippen LogP contribution in [0.4, 0.5) is 0 Å². The molecule has 0 amide bonds. The molecular weight excluding hydrogens is 242 g/mol. The summed E-state index contributed by atoms with van der Waals surface area (Å²) in [5.74, 6) is 1.24. The highest BCUT2D eigenvalue weighted by Crippen LogP contribution is 2.33. The molecule has 0 radical (unpaired) electrons. The molecule has 0 atom stereocenters. The quantitative estimate of drug-likeness (QED) is 0.891. The Hall–Kier alpha value is -1.26. The number of hydrogen-bond acceptors (Lipinski definition) is 3. The molecule has 0 fully saturated rings. The van der Waals surface area contributed by atoms with Crippen LogP contribution in [0.25, 0.3) is 11.3 Å². The first-order chi connectivity index (χ1) is 8.88. The maximum absolute atomic E-state index is 5.63. The summed E-state index contributed by atoms with van der Waals surface area (Å²) in [6, 6.07) is 6.72. The molecule has 0 saturated heterocycles. The SMILES string of the molecule is NCCc1cn[nH]c1-c1ccc2c(c1)CCCS2. The lowest BCUT2D eigenvalue weighted by molar-refractivity contribution is 0.890. The summed E-state index contributed by atoms with van der Waals surface area (Å²) in [6.07, 6.45) is 5.23. The van der Waals surface area contributed by atoms with E-state index in [1.54, 1.807) is 0 Å². The normalized spacial score (nSPS) is 14.5. The molecule has 0 saturated carbocycles. The third-order valence-corrected chi connectivity index (χ3v) is 4.53. The second-order valence-corrected chi connectivity index (χ2v) is 5.72. The average Bonchev–Trinajstić information content (AvgIpc) is 2.87. The van der Waals surface area contributed by atoms with Gasteiger partial charge in [0.1, 0.15) is 0 Å². The zero-order valence-electron chi connectivity index (χ0n) is 10.3.